The molecular weight excluding hydrogens is 212 g/mol. The molecule has 0 aliphatic heterocycles. The standard InChI is InChI=1S/C14H18N2O/c1-3-4-6-12(2)16-13-7-5-8-14(11-13)17-10-9-15/h3,5,7-8,11-12,16H,1,4,6,10H2,2H3. The summed E-state index contributed by atoms with van der Waals surface area (Å²) in [5.41, 5.74) is 1.01. The summed E-state index contributed by atoms with van der Waals surface area (Å²) in [6.45, 7) is 5.92. The molecule has 1 rings (SSSR count). The Morgan fingerprint density at radius 1 is 1.59 bits per heavy atom. The van der Waals surface area contributed by atoms with E-state index < -0.39 is 0 Å². The SMILES string of the molecule is C=CCCC(C)Nc1cccc(OCC#N)c1. The van der Waals surface area contributed by atoms with Crippen LogP contribution in [0, 0.1) is 11.3 Å². The Labute approximate surface area is 103 Å². The Balaban J connectivity index is 2.53. The van der Waals surface area contributed by atoms with Crippen LogP contribution in [0.3, 0.4) is 0 Å². The van der Waals surface area contributed by atoms with E-state index in [1.54, 1.807) is 0 Å². The van der Waals surface area contributed by atoms with Crippen molar-refractivity contribution >= 4 is 5.69 Å². The van der Waals surface area contributed by atoms with Gasteiger partial charge >= 0.3 is 0 Å². The lowest BCUT2D eigenvalue weighted by molar-refractivity contribution is 0.368. The van der Waals surface area contributed by atoms with Crippen molar-refractivity contribution < 1.29 is 4.74 Å². The number of nitrogens with zero attached hydrogens (tertiary/aromatic N) is 1. The topological polar surface area (TPSA) is 45.0 Å². The van der Waals surface area contributed by atoms with E-state index in [1.165, 1.54) is 0 Å². The smallest absolute Gasteiger partial charge is 0.174 e. The molecule has 0 saturated heterocycles. The molecule has 0 fully saturated rings. The Morgan fingerprint density at radius 3 is 3.12 bits per heavy atom. The lowest BCUT2D eigenvalue weighted by Gasteiger charge is -2.15. The monoisotopic (exact) mass is 230 g/mol. The van der Waals surface area contributed by atoms with Crippen molar-refractivity contribution in [1.82, 2.24) is 0 Å². The molecule has 0 aromatic heterocycles. The minimum absolute atomic E-state index is 0.0788. The maximum absolute atomic E-state index is 8.44. The Morgan fingerprint density at radius 2 is 2.41 bits per heavy atom. The Hall–Kier alpha value is -1.95. The molecule has 0 radical (unpaired) electrons. The van der Waals surface area contributed by atoms with Crippen LogP contribution in [-0.4, -0.2) is 12.6 Å². The molecule has 1 atom stereocenters. The molecule has 0 heterocycles. The zero-order chi connectivity index (χ0) is 12.5. The van der Waals surface area contributed by atoms with E-state index in [0.717, 1.165) is 18.5 Å². The number of nitrogens with one attached hydrogen (secondary N) is 1. The van der Waals surface area contributed by atoms with Crippen molar-refractivity contribution in [2.45, 2.75) is 25.8 Å². The molecule has 0 aliphatic rings. The lowest BCUT2D eigenvalue weighted by atomic mass is 10.1. The van der Waals surface area contributed by atoms with E-state index in [4.69, 9.17) is 10.00 Å². The zero-order valence-electron chi connectivity index (χ0n) is 10.1. The van der Waals surface area contributed by atoms with Gasteiger partial charge in [0.05, 0.1) is 0 Å². The van der Waals surface area contributed by atoms with Crippen LogP contribution in [0.4, 0.5) is 5.69 Å². The van der Waals surface area contributed by atoms with Crippen molar-refractivity contribution in [3.05, 3.63) is 36.9 Å². The third kappa shape index (κ3) is 5.07. The Bertz CT molecular complexity index is 395. The number of anilines is 1. The summed E-state index contributed by atoms with van der Waals surface area (Å²) >= 11 is 0. The van der Waals surface area contributed by atoms with E-state index in [2.05, 4.69) is 18.8 Å². The highest BCUT2D eigenvalue weighted by molar-refractivity contribution is 5.48. The zero-order valence-corrected chi connectivity index (χ0v) is 10.1. The van der Waals surface area contributed by atoms with Gasteiger partial charge in [-0.15, -0.1) is 6.58 Å². The third-order valence-electron chi connectivity index (χ3n) is 2.35. The molecule has 0 spiro atoms. The van der Waals surface area contributed by atoms with Gasteiger partial charge in [-0.25, -0.2) is 0 Å². The second-order valence-electron chi connectivity index (χ2n) is 3.89. The van der Waals surface area contributed by atoms with Crippen LogP contribution in [-0.2, 0) is 0 Å². The van der Waals surface area contributed by atoms with Gasteiger partial charge in [0.2, 0.25) is 0 Å². The van der Waals surface area contributed by atoms with Gasteiger partial charge in [-0.2, -0.15) is 5.26 Å². The summed E-state index contributed by atoms with van der Waals surface area (Å²) in [4.78, 5) is 0. The average Bonchev–Trinajstić information content (AvgIpc) is 2.34. The van der Waals surface area contributed by atoms with Gasteiger partial charge in [-0.05, 0) is 31.9 Å². The van der Waals surface area contributed by atoms with Crippen LogP contribution in [0.1, 0.15) is 19.8 Å². The molecule has 0 saturated carbocycles. The van der Waals surface area contributed by atoms with E-state index in [9.17, 15) is 0 Å². The number of hydrogen-bond donors (Lipinski definition) is 1. The number of benzene rings is 1. The summed E-state index contributed by atoms with van der Waals surface area (Å²) in [5.74, 6) is 0.715. The van der Waals surface area contributed by atoms with Crippen molar-refractivity contribution in [1.29, 1.82) is 5.26 Å². The van der Waals surface area contributed by atoms with Crippen molar-refractivity contribution in [3.8, 4) is 11.8 Å². The van der Waals surface area contributed by atoms with E-state index in [0.29, 0.717) is 11.8 Å². The predicted octanol–water partition coefficient (Wildman–Crippen LogP) is 3.36. The molecule has 3 nitrogen and oxygen atoms in total. The number of hydrogen-bond acceptors (Lipinski definition) is 3. The largest absolute Gasteiger partial charge is 0.479 e. The number of rotatable bonds is 7. The molecule has 1 aromatic rings. The Kier molecular flexibility index (Phi) is 5.67. The van der Waals surface area contributed by atoms with Crippen LogP contribution < -0.4 is 10.1 Å². The number of allylic oxidation sites excluding steroid dienone is 1. The molecular formula is C14H18N2O. The summed E-state index contributed by atoms with van der Waals surface area (Å²) in [5, 5.41) is 11.8. The van der Waals surface area contributed by atoms with E-state index >= 15 is 0 Å². The summed E-state index contributed by atoms with van der Waals surface area (Å²) in [7, 11) is 0. The molecule has 17 heavy (non-hydrogen) atoms. The van der Waals surface area contributed by atoms with Gasteiger partial charge < -0.3 is 10.1 Å². The van der Waals surface area contributed by atoms with E-state index in [-0.39, 0.29) is 6.61 Å². The maximum atomic E-state index is 8.44. The minimum atomic E-state index is 0.0788. The first kappa shape index (κ1) is 13.1. The molecule has 90 valence electrons. The summed E-state index contributed by atoms with van der Waals surface area (Å²) < 4.78 is 5.24. The van der Waals surface area contributed by atoms with Gasteiger partial charge in [-0.3, -0.25) is 0 Å². The van der Waals surface area contributed by atoms with Gasteiger partial charge in [0.1, 0.15) is 11.8 Å². The first-order chi connectivity index (χ1) is 8.26. The van der Waals surface area contributed by atoms with Crippen LogP contribution in [0.25, 0.3) is 0 Å². The fraction of sp³-hybridized carbons (Fsp3) is 0.357. The minimum Gasteiger partial charge on any atom is -0.479 e. The van der Waals surface area contributed by atoms with Crippen molar-refractivity contribution in [3.63, 3.8) is 0 Å². The van der Waals surface area contributed by atoms with E-state index in [1.807, 2.05) is 36.4 Å². The van der Waals surface area contributed by atoms with Gasteiger partial charge in [0, 0.05) is 17.8 Å². The number of ether oxygens (including phenoxy) is 1. The quantitative estimate of drug-likeness (QED) is 0.730. The molecule has 0 aliphatic carbocycles. The highest BCUT2D eigenvalue weighted by Gasteiger charge is 2.01. The lowest BCUT2D eigenvalue weighted by Crippen LogP contribution is -2.14. The fourth-order valence-corrected chi connectivity index (χ4v) is 1.52. The molecule has 0 bridgehead atoms. The normalized spacial score (nSPS) is 11.3. The fourth-order valence-electron chi connectivity index (χ4n) is 1.52. The molecule has 1 N–H and O–H groups in total. The molecule has 3 heteroatoms. The van der Waals surface area contributed by atoms with Gasteiger partial charge in [-0.1, -0.05) is 12.1 Å². The summed E-state index contributed by atoms with van der Waals surface area (Å²) in [6.07, 6.45) is 3.97. The molecule has 1 aromatic carbocycles. The second kappa shape index (κ2) is 7.34. The maximum Gasteiger partial charge on any atom is 0.174 e. The average molecular weight is 230 g/mol. The van der Waals surface area contributed by atoms with Gasteiger partial charge in [0.15, 0.2) is 6.61 Å². The van der Waals surface area contributed by atoms with Crippen molar-refractivity contribution in [2.75, 3.05) is 11.9 Å². The molecule has 0 amide bonds. The third-order valence-corrected chi connectivity index (χ3v) is 2.35. The van der Waals surface area contributed by atoms with Crippen molar-refractivity contribution in [2.24, 2.45) is 0 Å². The highest BCUT2D eigenvalue weighted by atomic mass is 16.5. The van der Waals surface area contributed by atoms with Crippen LogP contribution in [0.5, 0.6) is 5.75 Å². The highest BCUT2D eigenvalue weighted by Crippen LogP contribution is 2.18. The first-order valence-corrected chi connectivity index (χ1v) is 5.73. The van der Waals surface area contributed by atoms with Crippen LogP contribution in [0.15, 0.2) is 36.9 Å². The van der Waals surface area contributed by atoms with Crippen LogP contribution in [0.2, 0.25) is 0 Å². The molecule has 1 unspecified atom stereocenters. The van der Waals surface area contributed by atoms with Gasteiger partial charge in [0.25, 0.3) is 0 Å². The predicted molar refractivity (Wildman–Crippen MR) is 70.1 cm³/mol. The first-order valence-electron chi connectivity index (χ1n) is 5.73. The number of nitriles is 1. The van der Waals surface area contributed by atoms with Crippen LogP contribution >= 0.6 is 0 Å². The second-order valence-corrected chi connectivity index (χ2v) is 3.89. The summed E-state index contributed by atoms with van der Waals surface area (Å²) in [6, 6.07) is 9.99.